The summed E-state index contributed by atoms with van der Waals surface area (Å²) in [6.45, 7) is -1.02. The number of carbonyl (C=O) groups is 3. The molecular formula is C31H35F4N5O9S. The summed E-state index contributed by atoms with van der Waals surface area (Å²) in [5.41, 5.74) is 0.529. The molecule has 0 spiro atoms. The van der Waals surface area contributed by atoms with E-state index in [9.17, 15) is 50.6 Å². The van der Waals surface area contributed by atoms with Gasteiger partial charge in [-0.2, -0.15) is 4.31 Å². The Kier molecular flexibility index (Phi) is 10.1. The van der Waals surface area contributed by atoms with Gasteiger partial charge < -0.3 is 35.2 Å². The summed E-state index contributed by atoms with van der Waals surface area (Å²) in [7, 11) is -4.45. The van der Waals surface area contributed by atoms with Crippen LogP contribution in [0.25, 0.3) is 0 Å². The first-order valence-corrected chi connectivity index (χ1v) is 17.3. The summed E-state index contributed by atoms with van der Waals surface area (Å²) < 4.78 is 90.1. The quantitative estimate of drug-likeness (QED) is 0.299. The standard InChI is InChI=1S/C31H35F4N5O9S/c32-18-2-1-3-21(10-18)50(46,47)40-9-8-38-16-23(40)29(44)36-13-25-28(43)27(42)24(48-25)12-26(41)37-19-11-22(30(38)45)39(15-19)14-17-4-6-20(7-5-17)49-31(33,34)35/h1-7,10,19,22-25,27-28,42-43H,8-9,11-16H2,(H,36,44)(H,37,41)/t19-,22-,23-,24-,25+,27-,28+/m0/s1. The van der Waals surface area contributed by atoms with Crippen LogP contribution in [0.15, 0.2) is 53.4 Å². The van der Waals surface area contributed by atoms with Crippen molar-refractivity contribution in [2.24, 2.45) is 0 Å². The van der Waals surface area contributed by atoms with E-state index in [2.05, 4.69) is 15.4 Å². The minimum Gasteiger partial charge on any atom is -0.406 e. The van der Waals surface area contributed by atoms with Gasteiger partial charge in [0, 0.05) is 45.3 Å². The van der Waals surface area contributed by atoms with Gasteiger partial charge in [-0.25, -0.2) is 12.8 Å². The molecule has 4 saturated heterocycles. The molecule has 6 bridgehead atoms. The van der Waals surface area contributed by atoms with Crippen molar-refractivity contribution in [1.29, 1.82) is 0 Å². The first-order valence-electron chi connectivity index (χ1n) is 15.8. The molecular weight excluding hydrogens is 694 g/mol. The van der Waals surface area contributed by atoms with E-state index in [1.165, 1.54) is 29.2 Å². The van der Waals surface area contributed by atoms with Crippen LogP contribution in [0.3, 0.4) is 0 Å². The molecule has 0 aromatic heterocycles. The van der Waals surface area contributed by atoms with E-state index in [1.54, 1.807) is 4.90 Å². The molecule has 50 heavy (non-hydrogen) atoms. The molecule has 14 nitrogen and oxygen atoms in total. The summed E-state index contributed by atoms with van der Waals surface area (Å²) in [6, 6.07) is 6.37. The highest BCUT2D eigenvalue weighted by Gasteiger charge is 2.48. The Hall–Kier alpha value is -3.88. The fraction of sp³-hybridized carbons (Fsp3) is 0.516. The van der Waals surface area contributed by atoms with Gasteiger partial charge in [0.05, 0.1) is 23.5 Å². The second kappa shape index (κ2) is 14.0. The van der Waals surface area contributed by atoms with Gasteiger partial charge in [-0.15, -0.1) is 13.2 Å². The fourth-order valence-corrected chi connectivity index (χ4v) is 8.47. The molecule has 272 valence electrons. The maximum absolute atomic E-state index is 14.2. The largest absolute Gasteiger partial charge is 0.573 e. The summed E-state index contributed by atoms with van der Waals surface area (Å²) in [5, 5.41) is 26.6. The lowest BCUT2D eigenvalue weighted by atomic mass is 10.0. The Labute approximate surface area is 284 Å². The maximum atomic E-state index is 14.2. The molecule has 19 heteroatoms. The molecule has 4 N–H and O–H groups in total. The molecule has 4 fully saturated rings. The molecule has 4 heterocycles. The van der Waals surface area contributed by atoms with Crippen molar-refractivity contribution in [3.05, 3.63) is 59.9 Å². The molecule has 0 radical (unpaired) electrons. The Morgan fingerprint density at radius 3 is 2.38 bits per heavy atom. The number of piperazine rings is 1. The smallest absolute Gasteiger partial charge is 0.406 e. The Morgan fingerprint density at radius 1 is 0.960 bits per heavy atom. The van der Waals surface area contributed by atoms with Gasteiger partial charge in [0.15, 0.2) is 0 Å². The van der Waals surface area contributed by atoms with Crippen molar-refractivity contribution in [2.75, 3.05) is 32.7 Å². The first kappa shape index (κ1) is 35.9. The fourth-order valence-electron chi connectivity index (χ4n) is 6.86. The van der Waals surface area contributed by atoms with E-state index in [4.69, 9.17) is 4.74 Å². The number of aliphatic hydroxyl groups is 2. The zero-order valence-corrected chi connectivity index (χ0v) is 27.1. The highest BCUT2D eigenvalue weighted by molar-refractivity contribution is 7.89. The van der Waals surface area contributed by atoms with Crippen LogP contribution in [0.2, 0.25) is 0 Å². The number of ether oxygens (including phenoxy) is 2. The van der Waals surface area contributed by atoms with E-state index in [-0.39, 0.29) is 45.6 Å². The van der Waals surface area contributed by atoms with Crippen molar-refractivity contribution < 1.29 is 60.0 Å². The van der Waals surface area contributed by atoms with Gasteiger partial charge in [0.25, 0.3) is 0 Å². The van der Waals surface area contributed by atoms with E-state index < -0.39 is 99.7 Å². The summed E-state index contributed by atoms with van der Waals surface area (Å²) in [4.78, 5) is 43.5. The topological polar surface area (TPSA) is 178 Å². The van der Waals surface area contributed by atoms with Crippen molar-refractivity contribution in [2.45, 2.75) is 73.2 Å². The number of benzene rings is 2. The number of hydrogen-bond donors (Lipinski definition) is 4. The van der Waals surface area contributed by atoms with E-state index >= 15 is 0 Å². The second-order valence-corrected chi connectivity index (χ2v) is 14.5. The number of rotatable bonds is 5. The van der Waals surface area contributed by atoms with Crippen molar-refractivity contribution >= 4 is 27.7 Å². The van der Waals surface area contributed by atoms with Crippen LogP contribution in [-0.2, 0) is 35.7 Å². The van der Waals surface area contributed by atoms with E-state index in [0.717, 1.165) is 28.6 Å². The normalized spacial score (nSPS) is 30.2. The third kappa shape index (κ3) is 7.71. The van der Waals surface area contributed by atoms with Crippen molar-refractivity contribution in [1.82, 2.24) is 24.7 Å². The van der Waals surface area contributed by atoms with Gasteiger partial charge >= 0.3 is 6.36 Å². The van der Waals surface area contributed by atoms with Gasteiger partial charge in [-0.05, 0) is 42.3 Å². The predicted octanol–water partition coefficient (Wildman–Crippen LogP) is -0.306. The highest BCUT2D eigenvalue weighted by atomic mass is 32.2. The summed E-state index contributed by atoms with van der Waals surface area (Å²) >= 11 is 0. The SMILES string of the molecule is O=C1C[C@@H]2O[C@H](CNC(=O)[C@@H]3CN(CCN3S(=O)(=O)c3cccc(F)c3)C(=O)[C@@H]3C[C@@H](CN3Cc3ccc(OC(F)(F)F)cc3)N1)[C@@H](O)[C@H]2O. The number of likely N-dealkylation sites (tertiary alicyclic amines) is 1. The average molecular weight is 730 g/mol. The van der Waals surface area contributed by atoms with Crippen LogP contribution < -0.4 is 15.4 Å². The van der Waals surface area contributed by atoms with Crippen LogP contribution in [-0.4, -0.2) is 132 Å². The molecule has 6 rings (SSSR count). The van der Waals surface area contributed by atoms with Gasteiger partial charge in [0.2, 0.25) is 27.7 Å². The monoisotopic (exact) mass is 729 g/mol. The Balaban J connectivity index is 1.30. The number of amides is 3. The van der Waals surface area contributed by atoms with Crippen LogP contribution in [0.1, 0.15) is 18.4 Å². The number of alkyl halides is 3. The van der Waals surface area contributed by atoms with Gasteiger partial charge in [0.1, 0.15) is 35.9 Å². The molecule has 2 aromatic rings. The number of halogens is 4. The number of sulfonamides is 1. The molecule has 2 aromatic carbocycles. The van der Waals surface area contributed by atoms with E-state index in [0.29, 0.717) is 5.56 Å². The molecule has 0 unspecified atom stereocenters. The van der Waals surface area contributed by atoms with Crippen LogP contribution in [0, 0.1) is 5.82 Å². The zero-order valence-electron chi connectivity index (χ0n) is 26.3. The Morgan fingerprint density at radius 2 is 1.68 bits per heavy atom. The lowest BCUT2D eigenvalue weighted by Gasteiger charge is -2.41. The number of nitrogens with one attached hydrogen (secondary N) is 2. The number of carbonyl (C=O) groups excluding carboxylic acids is 3. The third-order valence-electron chi connectivity index (χ3n) is 9.27. The summed E-state index contributed by atoms with van der Waals surface area (Å²) in [6.07, 6.45) is -10.4. The minimum absolute atomic E-state index is 0.0746. The highest BCUT2D eigenvalue weighted by Crippen LogP contribution is 2.30. The van der Waals surface area contributed by atoms with Gasteiger partial charge in [-0.3, -0.25) is 19.3 Å². The number of fused-ring (bicyclic) bond motifs is 6. The zero-order chi connectivity index (χ0) is 36.0. The van der Waals surface area contributed by atoms with Crippen LogP contribution in [0.4, 0.5) is 17.6 Å². The Bertz CT molecular complexity index is 1720. The molecule has 7 atom stereocenters. The number of nitrogens with zero attached hydrogens (tertiary/aromatic N) is 3. The molecule has 4 aliphatic rings. The first-order chi connectivity index (χ1) is 23.6. The van der Waals surface area contributed by atoms with Crippen molar-refractivity contribution in [3.8, 4) is 5.75 Å². The predicted molar refractivity (Wildman–Crippen MR) is 163 cm³/mol. The second-order valence-electron chi connectivity index (χ2n) is 12.7. The van der Waals surface area contributed by atoms with E-state index in [1.807, 2.05) is 0 Å². The number of aliphatic hydroxyl groups excluding tert-OH is 2. The van der Waals surface area contributed by atoms with Gasteiger partial charge in [-0.1, -0.05) is 18.2 Å². The molecule has 0 saturated carbocycles. The molecule has 0 aliphatic carbocycles. The summed E-state index contributed by atoms with van der Waals surface area (Å²) in [5.74, 6) is -3.09. The molecule has 4 aliphatic heterocycles. The minimum atomic E-state index is -4.88. The average Bonchev–Trinajstić information content (AvgIpc) is 3.57. The molecule has 3 amide bonds. The van der Waals surface area contributed by atoms with Crippen LogP contribution in [0.5, 0.6) is 5.75 Å². The van der Waals surface area contributed by atoms with Crippen molar-refractivity contribution in [3.63, 3.8) is 0 Å². The lowest BCUT2D eigenvalue weighted by Crippen LogP contribution is -2.63. The van der Waals surface area contributed by atoms with Crippen LogP contribution >= 0.6 is 0 Å². The maximum Gasteiger partial charge on any atom is 0.573 e. The lowest BCUT2D eigenvalue weighted by molar-refractivity contribution is -0.274. The third-order valence-corrected chi connectivity index (χ3v) is 11.2. The number of hydrogen-bond acceptors (Lipinski definition) is 10.